The van der Waals surface area contributed by atoms with Crippen LogP contribution in [0.5, 0.6) is 5.75 Å². The molecule has 14 heavy (non-hydrogen) atoms. The number of halogens is 1. The lowest BCUT2D eigenvalue weighted by Gasteiger charge is -2.15. The first-order valence-electron chi connectivity index (χ1n) is 4.81. The summed E-state index contributed by atoms with van der Waals surface area (Å²) in [6.45, 7) is 0. The molecular formula is C11H14ClNO. The van der Waals surface area contributed by atoms with Gasteiger partial charge in [-0.05, 0) is 30.9 Å². The molecule has 0 aromatic heterocycles. The maximum absolute atomic E-state index is 6.10. The number of hydrogen-bond acceptors (Lipinski definition) is 2. The first-order valence-corrected chi connectivity index (χ1v) is 5.19. The van der Waals surface area contributed by atoms with Crippen LogP contribution in [0.15, 0.2) is 18.2 Å². The average Bonchev–Trinajstić information content (AvgIpc) is 3.00. The van der Waals surface area contributed by atoms with E-state index in [1.54, 1.807) is 7.11 Å². The van der Waals surface area contributed by atoms with Crippen molar-refractivity contribution in [1.82, 2.24) is 0 Å². The second-order valence-electron chi connectivity index (χ2n) is 3.75. The Morgan fingerprint density at radius 1 is 1.50 bits per heavy atom. The van der Waals surface area contributed by atoms with Gasteiger partial charge < -0.3 is 10.5 Å². The number of methoxy groups -OCH3 is 1. The van der Waals surface area contributed by atoms with Gasteiger partial charge in [-0.1, -0.05) is 17.7 Å². The third-order valence-electron chi connectivity index (χ3n) is 2.68. The van der Waals surface area contributed by atoms with E-state index in [1.807, 2.05) is 18.2 Å². The minimum Gasteiger partial charge on any atom is -0.496 e. The molecule has 1 aliphatic rings. The minimum atomic E-state index is 0.0993. The van der Waals surface area contributed by atoms with Gasteiger partial charge >= 0.3 is 0 Å². The summed E-state index contributed by atoms with van der Waals surface area (Å²) in [6.07, 6.45) is 2.46. The van der Waals surface area contributed by atoms with Gasteiger partial charge in [-0.3, -0.25) is 0 Å². The lowest BCUT2D eigenvalue weighted by atomic mass is 10.0. The van der Waals surface area contributed by atoms with Crippen LogP contribution in [0.4, 0.5) is 0 Å². The Bertz CT molecular complexity index is 336. The molecule has 2 nitrogen and oxygen atoms in total. The monoisotopic (exact) mass is 211 g/mol. The lowest BCUT2D eigenvalue weighted by molar-refractivity contribution is 0.403. The van der Waals surface area contributed by atoms with Crippen LogP contribution in [0.2, 0.25) is 5.02 Å². The molecule has 1 atom stereocenters. The molecule has 0 saturated heterocycles. The molecule has 1 unspecified atom stereocenters. The minimum absolute atomic E-state index is 0.0993. The van der Waals surface area contributed by atoms with Crippen LogP contribution in [0, 0.1) is 5.92 Å². The highest BCUT2D eigenvalue weighted by molar-refractivity contribution is 6.30. The van der Waals surface area contributed by atoms with Gasteiger partial charge in [0.25, 0.3) is 0 Å². The lowest BCUT2D eigenvalue weighted by Crippen LogP contribution is -2.13. The largest absolute Gasteiger partial charge is 0.496 e. The Hall–Kier alpha value is -0.730. The molecule has 0 aliphatic heterocycles. The fourth-order valence-corrected chi connectivity index (χ4v) is 1.83. The molecule has 2 rings (SSSR count). The Balaban J connectivity index is 2.30. The summed E-state index contributed by atoms with van der Waals surface area (Å²) in [5, 5.41) is 0.689. The van der Waals surface area contributed by atoms with Crippen molar-refractivity contribution in [2.75, 3.05) is 7.11 Å². The zero-order valence-corrected chi connectivity index (χ0v) is 8.92. The van der Waals surface area contributed by atoms with E-state index in [1.165, 1.54) is 12.8 Å². The van der Waals surface area contributed by atoms with Gasteiger partial charge in [0.2, 0.25) is 0 Å². The predicted octanol–water partition coefficient (Wildman–Crippen LogP) is 2.76. The molecule has 2 N–H and O–H groups in total. The van der Waals surface area contributed by atoms with Gasteiger partial charge in [-0.25, -0.2) is 0 Å². The van der Waals surface area contributed by atoms with Crippen LogP contribution < -0.4 is 10.5 Å². The molecular weight excluding hydrogens is 198 g/mol. The number of benzene rings is 1. The molecule has 3 heteroatoms. The Morgan fingerprint density at radius 2 is 2.21 bits per heavy atom. The number of hydrogen-bond donors (Lipinski definition) is 1. The standard InChI is InChI=1S/C11H14ClNO/c1-14-10-6-8(12)4-5-9(10)11(13)7-2-3-7/h4-7,11H,2-3,13H2,1H3. The highest BCUT2D eigenvalue weighted by Gasteiger charge is 2.31. The predicted molar refractivity (Wildman–Crippen MR) is 57.7 cm³/mol. The zero-order chi connectivity index (χ0) is 10.1. The highest BCUT2D eigenvalue weighted by Crippen LogP contribution is 2.42. The van der Waals surface area contributed by atoms with Gasteiger partial charge in [0.15, 0.2) is 0 Å². The van der Waals surface area contributed by atoms with E-state index in [4.69, 9.17) is 22.1 Å². The number of rotatable bonds is 3. The second-order valence-corrected chi connectivity index (χ2v) is 4.19. The van der Waals surface area contributed by atoms with Crippen molar-refractivity contribution in [1.29, 1.82) is 0 Å². The van der Waals surface area contributed by atoms with Crippen molar-refractivity contribution in [2.24, 2.45) is 11.7 Å². The van der Waals surface area contributed by atoms with E-state index in [0.717, 1.165) is 11.3 Å². The molecule has 0 heterocycles. The SMILES string of the molecule is COc1cc(Cl)ccc1C(N)C1CC1. The van der Waals surface area contributed by atoms with Crippen LogP contribution >= 0.6 is 11.6 Å². The van der Waals surface area contributed by atoms with E-state index in [0.29, 0.717) is 10.9 Å². The van der Waals surface area contributed by atoms with E-state index < -0.39 is 0 Å². The zero-order valence-electron chi connectivity index (χ0n) is 8.16. The van der Waals surface area contributed by atoms with Crippen molar-refractivity contribution >= 4 is 11.6 Å². The average molecular weight is 212 g/mol. The maximum Gasteiger partial charge on any atom is 0.125 e. The Kier molecular flexibility index (Phi) is 2.66. The molecule has 0 radical (unpaired) electrons. The topological polar surface area (TPSA) is 35.2 Å². The molecule has 1 fully saturated rings. The number of ether oxygens (including phenoxy) is 1. The summed E-state index contributed by atoms with van der Waals surface area (Å²) < 4.78 is 5.26. The van der Waals surface area contributed by atoms with Crippen LogP contribution in [0.1, 0.15) is 24.4 Å². The highest BCUT2D eigenvalue weighted by atomic mass is 35.5. The summed E-state index contributed by atoms with van der Waals surface area (Å²) in [6, 6.07) is 5.74. The van der Waals surface area contributed by atoms with Gasteiger partial charge in [0.05, 0.1) is 7.11 Å². The van der Waals surface area contributed by atoms with Crippen LogP contribution in [0.25, 0.3) is 0 Å². The molecule has 1 aromatic rings. The molecule has 1 aliphatic carbocycles. The Labute approximate surface area is 89.0 Å². The number of nitrogens with two attached hydrogens (primary N) is 1. The summed E-state index contributed by atoms with van der Waals surface area (Å²) in [4.78, 5) is 0. The maximum atomic E-state index is 6.10. The van der Waals surface area contributed by atoms with Gasteiger partial charge in [0, 0.05) is 16.6 Å². The van der Waals surface area contributed by atoms with Crippen LogP contribution in [-0.4, -0.2) is 7.11 Å². The summed E-state index contributed by atoms with van der Waals surface area (Å²) in [5.41, 5.74) is 7.17. The summed E-state index contributed by atoms with van der Waals surface area (Å²) >= 11 is 5.87. The van der Waals surface area contributed by atoms with Crippen molar-refractivity contribution < 1.29 is 4.74 Å². The Morgan fingerprint density at radius 3 is 2.79 bits per heavy atom. The van der Waals surface area contributed by atoms with Crippen LogP contribution in [-0.2, 0) is 0 Å². The third-order valence-corrected chi connectivity index (χ3v) is 2.92. The van der Waals surface area contributed by atoms with E-state index in [9.17, 15) is 0 Å². The van der Waals surface area contributed by atoms with Gasteiger partial charge in [0.1, 0.15) is 5.75 Å². The third kappa shape index (κ3) is 1.86. The van der Waals surface area contributed by atoms with Gasteiger partial charge in [-0.2, -0.15) is 0 Å². The molecule has 1 saturated carbocycles. The fraction of sp³-hybridized carbons (Fsp3) is 0.455. The normalized spacial score (nSPS) is 17.9. The fourth-order valence-electron chi connectivity index (χ4n) is 1.67. The first-order chi connectivity index (χ1) is 6.72. The summed E-state index contributed by atoms with van der Waals surface area (Å²) in [7, 11) is 1.65. The van der Waals surface area contributed by atoms with E-state index in [-0.39, 0.29) is 6.04 Å². The smallest absolute Gasteiger partial charge is 0.125 e. The molecule has 0 spiro atoms. The molecule has 0 amide bonds. The van der Waals surface area contributed by atoms with Crippen molar-refractivity contribution in [3.8, 4) is 5.75 Å². The van der Waals surface area contributed by atoms with Crippen molar-refractivity contribution in [2.45, 2.75) is 18.9 Å². The van der Waals surface area contributed by atoms with Crippen molar-refractivity contribution in [3.05, 3.63) is 28.8 Å². The second kappa shape index (κ2) is 3.79. The van der Waals surface area contributed by atoms with E-state index in [2.05, 4.69) is 0 Å². The first kappa shape index (κ1) is 9.81. The van der Waals surface area contributed by atoms with Crippen LogP contribution in [0.3, 0.4) is 0 Å². The molecule has 1 aromatic carbocycles. The van der Waals surface area contributed by atoms with Crippen molar-refractivity contribution in [3.63, 3.8) is 0 Å². The summed E-state index contributed by atoms with van der Waals surface area (Å²) in [5.74, 6) is 1.43. The van der Waals surface area contributed by atoms with E-state index >= 15 is 0 Å². The van der Waals surface area contributed by atoms with Gasteiger partial charge in [-0.15, -0.1) is 0 Å². The quantitative estimate of drug-likeness (QED) is 0.835. The molecule has 0 bridgehead atoms. The molecule has 76 valence electrons.